The van der Waals surface area contributed by atoms with E-state index in [1.807, 2.05) is 24.3 Å². The van der Waals surface area contributed by atoms with Crippen LogP contribution in [0.4, 0.5) is 11.4 Å². The summed E-state index contributed by atoms with van der Waals surface area (Å²) in [6.07, 6.45) is 2.65. The molecule has 110 valence electrons. The summed E-state index contributed by atoms with van der Waals surface area (Å²) in [7, 11) is 0. The first-order valence-corrected chi connectivity index (χ1v) is 8.15. The topological polar surface area (TPSA) is 54.0 Å². The van der Waals surface area contributed by atoms with Gasteiger partial charge in [0.1, 0.15) is 5.69 Å². The summed E-state index contributed by atoms with van der Waals surface area (Å²) in [5.74, 6) is -0.242. The van der Waals surface area contributed by atoms with Gasteiger partial charge in [-0.1, -0.05) is 22.9 Å². The normalized spacial score (nSPS) is 10.2. The molecule has 0 unspecified atom stereocenters. The summed E-state index contributed by atoms with van der Waals surface area (Å²) < 4.78 is 1.71. The molecule has 1 aromatic heterocycles. The first-order chi connectivity index (χ1) is 10.1. The SMILES string of the molecule is CCCNc1ccnc(C(=O)Nc2cc(Br)ccc2Br)c1. The number of nitrogens with one attached hydrogen (secondary N) is 2. The van der Waals surface area contributed by atoms with Gasteiger partial charge in [0.2, 0.25) is 0 Å². The molecule has 1 heterocycles. The van der Waals surface area contributed by atoms with Crippen molar-refractivity contribution in [3.8, 4) is 0 Å². The van der Waals surface area contributed by atoms with E-state index in [-0.39, 0.29) is 5.91 Å². The number of halogens is 2. The number of anilines is 2. The number of amides is 1. The van der Waals surface area contributed by atoms with Crippen LogP contribution in [0.25, 0.3) is 0 Å². The number of hydrogen-bond donors (Lipinski definition) is 2. The molecule has 4 nitrogen and oxygen atoms in total. The highest BCUT2D eigenvalue weighted by atomic mass is 79.9. The van der Waals surface area contributed by atoms with Gasteiger partial charge in [0.05, 0.1) is 5.69 Å². The lowest BCUT2D eigenvalue weighted by molar-refractivity contribution is 0.102. The Bertz CT molecular complexity index is 647. The summed E-state index contributed by atoms with van der Waals surface area (Å²) in [5, 5.41) is 6.08. The monoisotopic (exact) mass is 411 g/mol. The number of nitrogens with zero attached hydrogens (tertiary/aromatic N) is 1. The van der Waals surface area contributed by atoms with Crippen molar-refractivity contribution in [2.75, 3.05) is 17.2 Å². The summed E-state index contributed by atoms with van der Waals surface area (Å²) in [4.78, 5) is 16.4. The summed E-state index contributed by atoms with van der Waals surface area (Å²) in [5.41, 5.74) is 1.97. The fourth-order valence-corrected chi connectivity index (χ4v) is 2.42. The Kier molecular flexibility index (Phi) is 5.76. The van der Waals surface area contributed by atoms with Crippen molar-refractivity contribution in [3.63, 3.8) is 0 Å². The maximum Gasteiger partial charge on any atom is 0.274 e. The number of carbonyl (C=O) groups is 1. The van der Waals surface area contributed by atoms with Gasteiger partial charge in [0.25, 0.3) is 5.91 Å². The van der Waals surface area contributed by atoms with E-state index < -0.39 is 0 Å². The Labute approximate surface area is 140 Å². The lowest BCUT2D eigenvalue weighted by Crippen LogP contribution is -2.14. The molecule has 2 N–H and O–H groups in total. The van der Waals surface area contributed by atoms with Crippen LogP contribution in [0.1, 0.15) is 23.8 Å². The molecule has 1 aromatic carbocycles. The van der Waals surface area contributed by atoms with E-state index in [4.69, 9.17) is 0 Å². The van der Waals surface area contributed by atoms with Gasteiger partial charge in [-0.05, 0) is 52.7 Å². The highest BCUT2D eigenvalue weighted by Crippen LogP contribution is 2.26. The predicted octanol–water partition coefficient (Wildman–Crippen LogP) is 4.68. The Morgan fingerprint density at radius 3 is 2.81 bits per heavy atom. The zero-order valence-electron chi connectivity index (χ0n) is 11.5. The predicted molar refractivity (Wildman–Crippen MR) is 92.8 cm³/mol. The first-order valence-electron chi connectivity index (χ1n) is 6.56. The first kappa shape index (κ1) is 16.0. The van der Waals surface area contributed by atoms with E-state index in [9.17, 15) is 4.79 Å². The minimum absolute atomic E-state index is 0.242. The summed E-state index contributed by atoms with van der Waals surface area (Å²) in [6.45, 7) is 2.95. The second-order valence-corrected chi connectivity index (χ2v) is 6.20. The smallest absolute Gasteiger partial charge is 0.274 e. The number of hydrogen-bond acceptors (Lipinski definition) is 3. The largest absolute Gasteiger partial charge is 0.385 e. The van der Waals surface area contributed by atoms with Crippen molar-refractivity contribution in [3.05, 3.63) is 51.2 Å². The molecule has 0 aliphatic heterocycles. The average Bonchev–Trinajstić information content (AvgIpc) is 2.49. The molecule has 1 amide bonds. The molecule has 0 atom stereocenters. The van der Waals surface area contributed by atoms with Gasteiger partial charge >= 0.3 is 0 Å². The van der Waals surface area contributed by atoms with E-state index in [1.54, 1.807) is 12.3 Å². The van der Waals surface area contributed by atoms with E-state index in [0.717, 1.165) is 27.6 Å². The molecule has 0 aliphatic carbocycles. The highest BCUT2D eigenvalue weighted by Gasteiger charge is 2.10. The second kappa shape index (κ2) is 7.56. The number of pyridine rings is 1. The lowest BCUT2D eigenvalue weighted by Gasteiger charge is -2.09. The maximum absolute atomic E-state index is 12.3. The number of rotatable bonds is 5. The molecule has 0 aliphatic rings. The van der Waals surface area contributed by atoms with E-state index in [2.05, 4.69) is 54.4 Å². The van der Waals surface area contributed by atoms with Crippen LogP contribution >= 0.6 is 31.9 Å². The van der Waals surface area contributed by atoms with E-state index in [1.165, 1.54) is 0 Å². The van der Waals surface area contributed by atoms with Gasteiger partial charge in [-0.3, -0.25) is 9.78 Å². The van der Waals surface area contributed by atoms with E-state index in [0.29, 0.717) is 11.4 Å². The molecule has 21 heavy (non-hydrogen) atoms. The van der Waals surface area contributed by atoms with Crippen LogP contribution in [-0.4, -0.2) is 17.4 Å². The average molecular weight is 413 g/mol. The molecule has 0 radical (unpaired) electrons. The molecule has 2 rings (SSSR count). The Hall–Kier alpha value is -1.40. The van der Waals surface area contributed by atoms with Crippen LogP contribution in [0.3, 0.4) is 0 Å². The quantitative estimate of drug-likeness (QED) is 0.749. The maximum atomic E-state index is 12.3. The van der Waals surface area contributed by atoms with Crippen LogP contribution in [0.5, 0.6) is 0 Å². The molecular formula is C15H15Br2N3O. The lowest BCUT2D eigenvalue weighted by atomic mass is 10.2. The van der Waals surface area contributed by atoms with Crippen LogP contribution in [0, 0.1) is 0 Å². The van der Waals surface area contributed by atoms with Gasteiger partial charge in [-0.15, -0.1) is 0 Å². The fraction of sp³-hybridized carbons (Fsp3) is 0.200. The Morgan fingerprint density at radius 1 is 1.24 bits per heavy atom. The summed E-state index contributed by atoms with van der Waals surface area (Å²) in [6, 6.07) is 9.19. The number of benzene rings is 1. The van der Waals surface area contributed by atoms with Crippen molar-refractivity contribution in [2.24, 2.45) is 0 Å². The highest BCUT2D eigenvalue weighted by molar-refractivity contribution is 9.11. The second-order valence-electron chi connectivity index (χ2n) is 4.43. The van der Waals surface area contributed by atoms with Crippen LogP contribution in [-0.2, 0) is 0 Å². The van der Waals surface area contributed by atoms with Gasteiger partial charge in [-0.2, -0.15) is 0 Å². The number of carbonyl (C=O) groups excluding carboxylic acids is 1. The van der Waals surface area contributed by atoms with Crippen LogP contribution in [0.15, 0.2) is 45.5 Å². The minimum atomic E-state index is -0.242. The standard InChI is InChI=1S/C15H15Br2N3O/c1-2-6-18-11-5-7-19-14(9-11)15(21)20-13-8-10(16)3-4-12(13)17/h3-5,7-9H,2,6H2,1H3,(H,18,19)(H,20,21). The van der Waals surface area contributed by atoms with Crippen molar-refractivity contribution in [2.45, 2.75) is 13.3 Å². The Balaban J connectivity index is 2.14. The van der Waals surface area contributed by atoms with Gasteiger partial charge in [0.15, 0.2) is 0 Å². The third kappa shape index (κ3) is 4.54. The van der Waals surface area contributed by atoms with Gasteiger partial charge < -0.3 is 10.6 Å². The summed E-state index contributed by atoms with van der Waals surface area (Å²) >= 11 is 6.80. The van der Waals surface area contributed by atoms with Gasteiger partial charge in [-0.25, -0.2) is 0 Å². The molecule has 0 saturated heterocycles. The van der Waals surface area contributed by atoms with Crippen LogP contribution in [0.2, 0.25) is 0 Å². The molecule has 0 fully saturated rings. The Morgan fingerprint density at radius 2 is 2.05 bits per heavy atom. The molecule has 6 heteroatoms. The van der Waals surface area contributed by atoms with Crippen molar-refractivity contribution < 1.29 is 4.79 Å². The fourth-order valence-electron chi connectivity index (χ4n) is 1.71. The molecule has 2 aromatic rings. The molecule has 0 bridgehead atoms. The number of aromatic nitrogens is 1. The molecule has 0 saturated carbocycles. The zero-order valence-corrected chi connectivity index (χ0v) is 14.7. The van der Waals surface area contributed by atoms with Crippen LogP contribution < -0.4 is 10.6 Å². The molecular weight excluding hydrogens is 398 g/mol. The third-order valence-electron chi connectivity index (χ3n) is 2.75. The zero-order chi connectivity index (χ0) is 15.2. The third-order valence-corrected chi connectivity index (χ3v) is 3.93. The minimum Gasteiger partial charge on any atom is -0.385 e. The van der Waals surface area contributed by atoms with Crippen molar-refractivity contribution >= 4 is 49.1 Å². The van der Waals surface area contributed by atoms with Gasteiger partial charge in [0, 0.05) is 27.4 Å². The van der Waals surface area contributed by atoms with E-state index >= 15 is 0 Å². The van der Waals surface area contributed by atoms with Crippen molar-refractivity contribution in [1.29, 1.82) is 0 Å². The van der Waals surface area contributed by atoms with Crippen molar-refractivity contribution in [1.82, 2.24) is 4.98 Å². The molecule has 0 spiro atoms.